The van der Waals surface area contributed by atoms with Crippen molar-refractivity contribution >= 4 is 11.8 Å². The van der Waals surface area contributed by atoms with E-state index < -0.39 is 0 Å². The van der Waals surface area contributed by atoms with Crippen molar-refractivity contribution in [3.63, 3.8) is 0 Å². The second-order valence-corrected chi connectivity index (χ2v) is 7.14. The molecule has 1 atom stereocenters. The van der Waals surface area contributed by atoms with Gasteiger partial charge in [0, 0.05) is 17.4 Å². The Morgan fingerprint density at radius 2 is 2.09 bits per heavy atom. The summed E-state index contributed by atoms with van der Waals surface area (Å²) < 4.78 is 0. The maximum absolute atomic E-state index is 10.1. The maximum Gasteiger partial charge on any atom is 0.125 e. The van der Waals surface area contributed by atoms with E-state index >= 15 is 0 Å². The second kappa shape index (κ2) is 6.67. The Kier molecular flexibility index (Phi) is 4.64. The normalized spacial score (nSPS) is 18.4. The van der Waals surface area contributed by atoms with Gasteiger partial charge in [0.05, 0.1) is 5.69 Å². The standard InChI is InChI=1S/C17H21N3OS/c1-11-5-6-14(15(21)8-11)17-12(2)9-16(19-20-17)22-13-4-3-7-18-10-13/h5-6,8-9,13,18,21H,3-4,7,10H2,1-2H3/t13-/m1/s1. The first-order chi connectivity index (χ1) is 10.6. The molecule has 0 spiro atoms. The molecule has 0 bridgehead atoms. The van der Waals surface area contributed by atoms with Gasteiger partial charge in [-0.05, 0) is 62.6 Å². The van der Waals surface area contributed by atoms with Crippen LogP contribution >= 0.6 is 11.8 Å². The first-order valence-corrected chi connectivity index (χ1v) is 8.53. The molecule has 0 saturated carbocycles. The molecule has 0 amide bonds. The molecule has 1 saturated heterocycles. The number of hydrogen-bond donors (Lipinski definition) is 2. The summed E-state index contributed by atoms with van der Waals surface area (Å²) in [7, 11) is 0. The SMILES string of the molecule is Cc1ccc(-c2nnc(S[C@@H]3CCCNC3)cc2C)c(O)c1. The molecular weight excluding hydrogens is 294 g/mol. The molecule has 4 nitrogen and oxygen atoms in total. The van der Waals surface area contributed by atoms with Gasteiger partial charge in [-0.1, -0.05) is 17.8 Å². The van der Waals surface area contributed by atoms with Crippen molar-refractivity contribution in [2.24, 2.45) is 0 Å². The predicted molar refractivity (Wildman–Crippen MR) is 90.4 cm³/mol. The summed E-state index contributed by atoms with van der Waals surface area (Å²) >= 11 is 1.79. The van der Waals surface area contributed by atoms with Gasteiger partial charge < -0.3 is 10.4 Å². The van der Waals surface area contributed by atoms with Crippen molar-refractivity contribution < 1.29 is 5.11 Å². The van der Waals surface area contributed by atoms with Crippen LogP contribution in [0.4, 0.5) is 0 Å². The second-order valence-electron chi connectivity index (χ2n) is 5.82. The third-order valence-corrected chi connectivity index (χ3v) is 5.09. The Morgan fingerprint density at radius 3 is 2.77 bits per heavy atom. The Hall–Kier alpha value is -1.59. The predicted octanol–water partition coefficient (Wildman–Crippen LogP) is 3.31. The van der Waals surface area contributed by atoms with Crippen LogP contribution in [-0.4, -0.2) is 33.6 Å². The molecule has 3 rings (SSSR count). The molecular formula is C17H21N3OS. The van der Waals surface area contributed by atoms with Crippen molar-refractivity contribution in [2.75, 3.05) is 13.1 Å². The topological polar surface area (TPSA) is 58.0 Å². The highest BCUT2D eigenvalue weighted by Gasteiger charge is 2.16. The first-order valence-electron chi connectivity index (χ1n) is 7.65. The third-order valence-electron chi connectivity index (χ3n) is 3.91. The highest BCUT2D eigenvalue weighted by Crippen LogP contribution is 2.32. The number of nitrogens with one attached hydrogen (secondary N) is 1. The molecule has 2 N–H and O–H groups in total. The minimum absolute atomic E-state index is 0.259. The van der Waals surface area contributed by atoms with E-state index in [-0.39, 0.29) is 5.75 Å². The number of nitrogens with zero attached hydrogens (tertiary/aromatic N) is 2. The van der Waals surface area contributed by atoms with E-state index in [1.165, 1.54) is 12.8 Å². The molecule has 116 valence electrons. The van der Waals surface area contributed by atoms with E-state index in [1.54, 1.807) is 17.8 Å². The number of piperidine rings is 1. The molecule has 2 heterocycles. The number of aromatic hydroxyl groups is 1. The Bertz CT molecular complexity index is 669. The third kappa shape index (κ3) is 3.42. The fraction of sp³-hybridized carbons (Fsp3) is 0.412. The van der Waals surface area contributed by atoms with Crippen LogP contribution in [0.3, 0.4) is 0 Å². The zero-order chi connectivity index (χ0) is 15.5. The Morgan fingerprint density at radius 1 is 1.23 bits per heavy atom. The van der Waals surface area contributed by atoms with Crippen molar-refractivity contribution in [1.29, 1.82) is 0 Å². The van der Waals surface area contributed by atoms with Crippen LogP contribution in [0.25, 0.3) is 11.3 Å². The van der Waals surface area contributed by atoms with Gasteiger partial charge in [0.25, 0.3) is 0 Å². The zero-order valence-corrected chi connectivity index (χ0v) is 13.8. The number of aromatic nitrogens is 2. The summed E-state index contributed by atoms with van der Waals surface area (Å²) in [5, 5.41) is 23.8. The van der Waals surface area contributed by atoms with Gasteiger partial charge in [-0.15, -0.1) is 10.2 Å². The molecule has 2 aromatic rings. The molecule has 0 aliphatic carbocycles. The smallest absolute Gasteiger partial charge is 0.125 e. The number of hydrogen-bond acceptors (Lipinski definition) is 5. The quantitative estimate of drug-likeness (QED) is 0.910. The summed E-state index contributed by atoms with van der Waals surface area (Å²) in [5.74, 6) is 0.259. The molecule has 1 aromatic carbocycles. The monoisotopic (exact) mass is 315 g/mol. The summed E-state index contributed by atoms with van der Waals surface area (Å²) in [5.41, 5.74) is 3.57. The summed E-state index contributed by atoms with van der Waals surface area (Å²) in [4.78, 5) is 0. The molecule has 1 aliphatic rings. The van der Waals surface area contributed by atoms with E-state index in [0.29, 0.717) is 5.25 Å². The molecule has 1 aliphatic heterocycles. The minimum atomic E-state index is 0.259. The van der Waals surface area contributed by atoms with Crippen LogP contribution in [-0.2, 0) is 0 Å². The fourth-order valence-corrected chi connectivity index (χ4v) is 3.88. The van der Waals surface area contributed by atoms with Gasteiger partial charge in [0.1, 0.15) is 10.8 Å². The summed E-state index contributed by atoms with van der Waals surface area (Å²) in [6.45, 7) is 6.13. The highest BCUT2D eigenvalue weighted by atomic mass is 32.2. The van der Waals surface area contributed by atoms with Gasteiger partial charge in [0.2, 0.25) is 0 Å². The molecule has 22 heavy (non-hydrogen) atoms. The number of phenolic OH excluding ortho intramolecular Hbond substituents is 1. The molecule has 1 aromatic heterocycles. The lowest BCUT2D eigenvalue weighted by atomic mass is 10.0. The number of rotatable bonds is 3. The lowest BCUT2D eigenvalue weighted by molar-refractivity contribution is 0.476. The summed E-state index contributed by atoms with van der Waals surface area (Å²) in [6.07, 6.45) is 2.44. The van der Waals surface area contributed by atoms with E-state index in [9.17, 15) is 5.11 Å². The summed E-state index contributed by atoms with van der Waals surface area (Å²) in [6, 6.07) is 7.71. The number of thioether (sulfide) groups is 1. The van der Waals surface area contributed by atoms with Gasteiger partial charge >= 0.3 is 0 Å². The zero-order valence-electron chi connectivity index (χ0n) is 13.0. The van der Waals surface area contributed by atoms with Crippen LogP contribution in [0.5, 0.6) is 5.75 Å². The van der Waals surface area contributed by atoms with E-state index in [0.717, 1.165) is 40.5 Å². The lowest BCUT2D eigenvalue weighted by Crippen LogP contribution is -2.31. The van der Waals surface area contributed by atoms with Crippen LogP contribution < -0.4 is 5.32 Å². The minimum Gasteiger partial charge on any atom is -0.507 e. The van der Waals surface area contributed by atoms with Crippen molar-refractivity contribution in [1.82, 2.24) is 15.5 Å². The van der Waals surface area contributed by atoms with Crippen LogP contribution in [0.1, 0.15) is 24.0 Å². The number of benzene rings is 1. The molecule has 5 heteroatoms. The first kappa shape index (κ1) is 15.3. The van der Waals surface area contributed by atoms with Crippen LogP contribution in [0.2, 0.25) is 0 Å². The molecule has 0 radical (unpaired) electrons. The van der Waals surface area contributed by atoms with E-state index in [1.807, 2.05) is 26.0 Å². The Balaban J connectivity index is 1.82. The highest BCUT2D eigenvalue weighted by molar-refractivity contribution is 7.99. The maximum atomic E-state index is 10.1. The van der Waals surface area contributed by atoms with Gasteiger partial charge in [-0.3, -0.25) is 0 Å². The number of aryl methyl sites for hydroxylation is 2. The molecule has 0 unspecified atom stereocenters. The van der Waals surface area contributed by atoms with Crippen molar-refractivity contribution in [2.45, 2.75) is 37.0 Å². The van der Waals surface area contributed by atoms with Crippen LogP contribution in [0, 0.1) is 13.8 Å². The van der Waals surface area contributed by atoms with Gasteiger partial charge in [-0.25, -0.2) is 0 Å². The average Bonchev–Trinajstić information content (AvgIpc) is 2.49. The van der Waals surface area contributed by atoms with Crippen molar-refractivity contribution in [3.8, 4) is 17.0 Å². The fourth-order valence-electron chi connectivity index (χ4n) is 2.72. The van der Waals surface area contributed by atoms with Crippen LogP contribution in [0.15, 0.2) is 29.3 Å². The van der Waals surface area contributed by atoms with Gasteiger partial charge in [-0.2, -0.15) is 0 Å². The largest absolute Gasteiger partial charge is 0.507 e. The van der Waals surface area contributed by atoms with Gasteiger partial charge in [0.15, 0.2) is 0 Å². The lowest BCUT2D eigenvalue weighted by Gasteiger charge is -2.21. The van der Waals surface area contributed by atoms with E-state index in [4.69, 9.17) is 0 Å². The number of phenols is 1. The average molecular weight is 315 g/mol. The Labute approximate surface area is 135 Å². The van der Waals surface area contributed by atoms with Crippen molar-refractivity contribution in [3.05, 3.63) is 35.4 Å². The molecule has 1 fully saturated rings. The van der Waals surface area contributed by atoms with E-state index in [2.05, 4.69) is 21.6 Å².